The first kappa shape index (κ1) is 9.91. The Kier molecular flexibility index (Phi) is 2.82. The average molecular weight is 196 g/mol. The Morgan fingerprint density at radius 2 is 2.00 bits per heavy atom. The van der Waals surface area contributed by atoms with Crippen LogP contribution in [-0.4, -0.2) is 4.98 Å². The van der Waals surface area contributed by atoms with Gasteiger partial charge in [-0.1, -0.05) is 44.2 Å². The zero-order valence-electron chi connectivity index (χ0n) is 9.07. The molecule has 15 heavy (non-hydrogen) atoms. The summed E-state index contributed by atoms with van der Waals surface area (Å²) < 4.78 is 0. The van der Waals surface area contributed by atoms with Crippen LogP contribution in [0.1, 0.15) is 25.3 Å². The maximum Gasteiger partial charge on any atom is 0.0970 e. The van der Waals surface area contributed by atoms with Crippen molar-refractivity contribution >= 4 is 0 Å². The SMILES string of the molecule is CC(C)c1cccc(-c2[c]nccc2)c1. The second-order valence-electron chi connectivity index (χ2n) is 3.94. The first-order valence-electron chi connectivity index (χ1n) is 5.20. The standard InChI is InChI=1S/C14H14N/c1-11(2)12-5-3-6-13(9-12)14-7-4-8-15-10-14/h3-9,11H,1-2H3. The third kappa shape index (κ3) is 2.24. The van der Waals surface area contributed by atoms with Crippen LogP contribution in [0, 0.1) is 6.20 Å². The highest BCUT2D eigenvalue weighted by Crippen LogP contribution is 2.22. The van der Waals surface area contributed by atoms with E-state index in [0.29, 0.717) is 5.92 Å². The minimum absolute atomic E-state index is 0.557. The van der Waals surface area contributed by atoms with Crippen LogP contribution in [-0.2, 0) is 0 Å². The van der Waals surface area contributed by atoms with E-state index in [1.807, 2.05) is 12.1 Å². The van der Waals surface area contributed by atoms with Gasteiger partial charge in [-0.3, -0.25) is 4.98 Å². The fourth-order valence-corrected chi connectivity index (χ4v) is 1.55. The van der Waals surface area contributed by atoms with Crippen molar-refractivity contribution in [2.45, 2.75) is 19.8 Å². The molecule has 0 aliphatic rings. The van der Waals surface area contributed by atoms with E-state index in [1.54, 1.807) is 6.20 Å². The van der Waals surface area contributed by atoms with E-state index < -0.39 is 0 Å². The molecular formula is C14H14N. The molecule has 2 aromatic rings. The largest absolute Gasteiger partial charge is 0.254 e. The molecule has 1 heterocycles. The molecule has 0 bridgehead atoms. The molecule has 0 saturated carbocycles. The van der Waals surface area contributed by atoms with Gasteiger partial charge in [-0.15, -0.1) is 0 Å². The minimum Gasteiger partial charge on any atom is -0.254 e. The van der Waals surface area contributed by atoms with Crippen LogP contribution < -0.4 is 0 Å². The Labute approximate surface area is 90.8 Å². The maximum absolute atomic E-state index is 4.01. The number of benzene rings is 1. The Morgan fingerprint density at radius 3 is 2.67 bits per heavy atom. The zero-order chi connectivity index (χ0) is 10.7. The fourth-order valence-electron chi connectivity index (χ4n) is 1.55. The molecule has 0 saturated heterocycles. The summed E-state index contributed by atoms with van der Waals surface area (Å²) in [6.07, 6.45) is 4.75. The second-order valence-corrected chi connectivity index (χ2v) is 3.94. The van der Waals surface area contributed by atoms with Crippen LogP contribution in [0.3, 0.4) is 0 Å². The fraction of sp³-hybridized carbons (Fsp3) is 0.214. The third-order valence-corrected chi connectivity index (χ3v) is 2.47. The van der Waals surface area contributed by atoms with Crippen LogP contribution in [0.15, 0.2) is 42.6 Å². The smallest absolute Gasteiger partial charge is 0.0970 e. The van der Waals surface area contributed by atoms with Crippen LogP contribution in [0.5, 0.6) is 0 Å². The molecule has 0 amide bonds. The quantitative estimate of drug-likeness (QED) is 0.714. The summed E-state index contributed by atoms with van der Waals surface area (Å²) in [6, 6.07) is 12.5. The molecule has 0 spiro atoms. The topological polar surface area (TPSA) is 12.9 Å². The molecule has 0 atom stereocenters. The summed E-state index contributed by atoms with van der Waals surface area (Å²) in [7, 11) is 0. The van der Waals surface area contributed by atoms with Crippen LogP contribution in [0.25, 0.3) is 11.1 Å². The van der Waals surface area contributed by atoms with E-state index in [-0.39, 0.29) is 0 Å². The molecule has 0 fully saturated rings. The number of rotatable bonds is 2. The summed E-state index contributed by atoms with van der Waals surface area (Å²) in [4.78, 5) is 4.01. The lowest BCUT2D eigenvalue weighted by molar-refractivity contribution is 0.867. The van der Waals surface area contributed by atoms with Crippen molar-refractivity contribution in [3.05, 3.63) is 54.4 Å². The molecule has 1 aromatic heterocycles. The lowest BCUT2D eigenvalue weighted by atomic mass is 9.98. The van der Waals surface area contributed by atoms with Gasteiger partial charge in [-0.05, 0) is 23.1 Å². The minimum atomic E-state index is 0.557. The Balaban J connectivity index is 2.42. The Hall–Kier alpha value is -1.63. The highest BCUT2D eigenvalue weighted by atomic mass is 14.6. The van der Waals surface area contributed by atoms with Gasteiger partial charge in [0.15, 0.2) is 0 Å². The predicted molar refractivity (Wildman–Crippen MR) is 62.6 cm³/mol. The summed E-state index contributed by atoms with van der Waals surface area (Å²) >= 11 is 0. The summed E-state index contributed by atoms with van der Waals surface area (Å²) in [6.45, 7) is 4.40. The normalized spacial score (nSPS) is 10.6. The molecule has 1 heteroatoms. The number of hydrogen-bond acceptors (Lipinski definition) is 1. The second kappa shape index (κ2) is 4.26. The number of hydrogen-bond donors (Lipinski definition) is 0. The molecule has 0 aliphatic carbocycles. The van der Waals surface area contributed by atoms with Crippen LogP contribution in [0.2, 0.25) is 0 Å². The molecule has 1 aromatic carbocycles. The average Bonchev–Trinajstić information content (AvgIpc) is 2.30. The van der Waals surface area contributed by atoms with Crippen molar-refractivity contribution in [2.75, 3.05) is 0 Å². The van der Waals surface area contributed by atoms with Crippen LogP contribution >= 0.6 is 0 Å². The Bertz CT molecular complexity index is 432. The zero-order valence-corrected chi connectivity index (χ0v) is 9.07. The van der Waals surface area contributed by atoms with Crippen molar-refractivity contribution in [3.8, 4) is 11.1 Å². The first-order valence-corrected chi connectivity index (χ1v) is 5.20. The molecule has 2 rings (SSSR count). The lowest BCUT2D eigenvalue weighted by Gasteiger charge is -2.07. The third-order valence-electron chi connectivity index (χ3n) is 2.47. The number of pyridine rings is 1. The van der Waals surface area contributed by atoms with Crippen molar-refractivity contribution in [1.82, 2.24) is 4.98 Å². The van der Waals surface area contributed by atoms with Gasteiger partial charge < -0.3 is 0 Å². The van der Waals surface area contributed by atoms with Gasteiger partial charge in [0.1, 0.15) is 0 Å². The summed E-state index contributed by atoms with van der Waals surface area (Å²) in [5, 5.41) is 0. The van der Waals surface area contributed by atoms with E-state index in [1.165, 1.54) is 11.1 Å². The van der Waals surface area contributed by atoms with Gasteiger partial charge in [0, 0.05) is 11.8 Å². The molecule has 0 aliphatic heterocycles. The molecule has 75 valence electrons. The monoisotopic (exact) mass is 196 g/mol. The van der Waals surface area contributed by atoms with Gasteiger partial charge in [0.25, 0.3) is 0 Å². The summed E-state index contributed by atoms with van der Waals surface area (Å²) in [5.74, 6) is 0.557. The lowest BCUT2D eigenvalue weighted by Crippen LogP contribution is -1.88. The molecule has 0 N–H and O–H groups in total. The van der Waals surface area contributed by atoms with E-state index >= 15 is 0 Å². The Morgan fingerprint density at radius 1 is 1.13 bits per heavy atom. The van der Waals surface area contributed by atoms with E-state index in [2.05, 4.69) is 49.3 Å². The molecule has 1 radical (unpaired) electrons. The first-order chi connectivity index (χ1) is 7.27. The van der Waals surface area contributed by atoms with Crippen molar-refractivity contribution < 1.29 is 0 Å². The maximum atomic E-state index is 4.01. The predicted octanol–water partition coefficient (Wildman–Crippen LogP) is 3.67. The molecular weight excluding hydrogens is 182 g/mol. The van der Waals surface area contributed by atoms with Gasteiger partial charge >= 0.3 is 0 Å². The van der Waals surface area contributed by atoms with Gasteiger partial charge in [-0.2, -0.15) is 0 Å². The van der Waals surface area contributed by atoms with Crippen molar-refractivity contribution in [1.29, 1.82) is 0 Å². The van der Waals surface area contributed by atoms with Gasteiger partial charge in [0.2, 0.25) is 0 Å². The van der Waals surface area contributed by atoms with Crippen molar-refractivity contribution in [3.63, 3.8) is 0 Å². The summed E-state index contributed by atoms with van der Waals surface area (Å²) in [5.41, 5.74) is 3.60. The van der Waals surface area contributed by atoms with E-state index in [4.69, 9.17) is 0 Å². The van der Waals surface area contributed by atoms with Gasteiger partial charge in [-0.25, -0.2) is 0 Å². The van der Waals surface area contributed by atoms with E-state index in [9.17, 15) is 0 Å². The van der Waals surface area contributed by atoms with Gasteiger partial charge in [0.05, 0.1) is 6.20 Å². The van der Waals surface area contributed by atoms with E-state index in [0.717, 1.165) is 5.56 Å². The van der Waals surface area contributed by atoms with Crippen molar-refractivity contribution in [2.24, 2.45) is 0 Å². The number of aromatic nitrogens is 1. The molecule has 0 unspecified atom stereocenters. The highest BCUT2D eigenvalue weighted by molar-refractivity contribution is 5.62. The number of nitrogens with zero attached hydrogens (tertiary/aromatic N) is 1. The van der Waals surface area contributed by atoms with Crippen LogP contribution in [0.4, 0.5) is 0 Å². The highest BCUT2D eigenvalue weighted by Gasteiger charge is 2.01. The molecule has 1 nitrogen and oxygen atoms in total.